The highest BCUT2D eigenvalue weighted by atomic mass is 32.1. The van der Waals surface area contributed by atoms with Gasteiger partial charge in [0.15, 0.2) is 4.80 Å². The standard InChI is InChI=1S/C18H17N3O3S/c1-11-4-5-13(12(2)8-11)9-17(22)19-18-20(3)15-10-14(21(23)24)6-7-16(15)25-18/h4-8,10H,9H2,1-3H3. The summed E-state index contributed by atoms with van der Waals surface area (Å²) in [4.78, 5) is 27.6. The Labute approximate surface area is 148 Å². The summed E-state index contributed by atoms with van der Waals surface area (Å²) in [5.41, 5.74) is 3.90. The van der Waals surface area contributed by atoms with Crippen LogP contribution in [0.4, 0.5) is 5.69 Å². The third kappa shape index (κ3) is 3.51. The lowest BCUT2D eigenvalue weighted by Gasteiger charge is -2.04. The Balaban J connectivity index is 1.96. The van der Waals surface area contributed by atoms with Crippen LogP contribution in [0.3, 0.4) is 0 Å². The first kappa shape index (κ1) is 17.0. The molecule has 128 valence electrons. The molecule has 1 aromatic heterocycles. The fraction of sp³-hybridized carbons (Fsp3) is 0.222. The third-order valence-electron chi connectivity index (χ3n) is 4.06. The second kappa shape index (κ2) is 6.60. The molecule has 0 aliphatic heterocycles. The Kier molecular flexibility index (Phi) is 4.50. The zero-order chi connectivity index (χ0) is 18.1. The van der Waals surface area contributed by atoms with Gasteiger partial charge in [0, 0.05) is 19.2 Å². The number of aromatic nitrogens is 1. The molecule has 0 bridgehead atoms. The van der Waals surface area contributed by atoms with E-state index in [1.807, 2.05) is 32.0 Å². The van der Waals surface area contributed by atoms with Gasteiger partial charge in [-0.25, -0.2) is 0 Å². The van der Waals surface area contributed by atoms with Crippen LogP contribution in [0, 0.1) is 24.0 Å². The van der Waals surface area contributed by atoms with Crippen molar-refractivity contribution in [1.82, 2.24) is 4.57 Å². The second-order valence-corrected chi connectivity index (χ2v) is 6.97. The van der Waals surface area contributed by atoms with E-state index in [1.165, 1.54) is 23.5 Å². The number of non-ortho nitro benzene ring substituents is 1. The van der Waals surface area contributed by atoms with Gasteiger partial charge < -0.3 is 4.57 Å². The maximum absolute atomic E-state index is 12.3. The Bertz CT molecular complexity index is 1060. The van der Waals surface area contributed by atoms with Crippen molar-refractivity contribution in [2.75, 3.05) is 0 Å². The molecule has 0 saturated heterocycles. The Morgan fingerprint density at radius 2 is 2.00 bits per heavy atom. The maximum Gasteiger partial charge on any atom is 0.271 e. The van der Waals surface area contributed by atoms with Gasteiger partial charge >= 0.3 is 0 Å². The molecule has 0 fully saturated rings. The monoisotopic (exact) mass is 355 g/mol. The molecule has 0 spiro atoms. The van der Waals surface area contributed by atoms with Crippen molar-refractivity contribution >= 4 is 33.1 Å². The molecule has 6 nitrogen and oxygen atoms in total. The Hall–Kier alpha value is -2.80. The number of fused-ring (bicyclic) bond motifs is 1. The number of nitro benzene ring substituents is 1. The van der Waals surface area contributed by atoms with E-state index in [-0.39, 0.29) is 18.0 Å². The van der Waals surface area contributed by atoms with Gasteiger partial charge in [0.05, 0.1) is 21.6 Å². The molecule has 3 rings (SSSR count). The van der Waals surface area contributed by atoms with Gasteiger partial charge in [-0.05, 0) is 31.0 Å². The number of nitro groups is 1. The summed E-state index contributed by atoms with van der Waals surface area (Å²) in [6, 6.07) is 10.6. The molecule has 0 radical (unpaired) electrons. The van der Waals surface area contributed by atoms with Crippen LogP contribution < -0.4 is 4.80 Å². The van der Waals surface area contributed by atoms with Gasteiger partial charge in [-0.1, -0.05) is 35.1 Å². The fourth-order valence-electron chi connectivity index (χ4n) is 2.69. The van der Waals surface area contributed by atoms with E-state index in [9.17, 15) is 14.9 Å². The van der Waals surface area contributed by atoms with E-state index in [0.717, 1.165) is 21.4 Å². The van der Waals surface area contributed by atoms with Gasteiger partial charge in [0.2, 0.25) is 0 Å². The summed E-state index contributed by atoms with van der Waals surface area (Å²) in [5.74, 6) is -0.233. The summed E-state index contributed by atoms with van der Waals surface area (Å²) in [6.45, 7) is 3.99. The number of benzene rings is 2. The Morgan fingerprint density at radius 1 is 1.24 bits per heavy atom. The molecule has 2 aromatic carbocycles. The molecule has 1 heterocycles. The largest absolute Gasteiger partial charge is 0.319 e. The van der Waals surface area contributed by atoms with Crippen LogP contribution in [0.2, 0.25) is 0 Å². The lowest BCUT2D eigenvalue weighted by molar-refractivity contribution is -0.384. The van der Waals surface area contributed by atoms with Gasteiger partial charge in [0.25, 0.3) is 11.6 Å². The highest BCUT2D eigenvalue weighted by molar-refractivity contribution is 7.16. The number of rotatable bonds is 3. The van der Waals surface area contributed by atoms with Gasteiger partial charge in [-0.15, -0.1) is 0 Å². The predicted molar refractivity (Wildman–Crippen MR) is 97.6 cm³/mol. The van der Waals surface area contributed by atoms with E-state index in [4.69, 9.17) is 0 Å². The van der Waals surface area contributed by atoms with E-state index < -0.39 is 4.92 Å². The van der Waals surface area contributed by atoms with Crippen molar-refractivity contribution in [1.29, 1.82) is 0 Å². The van der Waals surface area contributed by atoms with Crippen molar-refractivity contribution < 1.29 is 9.72 Å². The van der Waals surface area contributed by atoms with Gasteiger partial charge in [0.1, 0.15) is 0 Å². The van der Waals surface area contributed by atoms with Crippen LogP contribution in [0.5, 0.6) is 0 Å². The second-order valence-electron chi connectivity index (χ2n) is 5.97. The van der Waals surface area contributed by atoms with Crippen LogP contribution >= 0.6 is 11.3 Å². The molecule has 1 amide bonds. The molecule has 0 atom stereocenters. The first-order valence-corrected chi connectivity index (χ1v) is 8.54. The molecule has 0 saturated carbocycles. The summed E-state index contributed by atoms with van der Waals surface area (Å²) < 4.78 is 2.57. The van der Waals surface area contributed by atoms with Crippen molar-refractivity contribution in [3.63, 3.8) is 0 Å². The average molecular weight is 355 g/mol. The Morgan fingerprint density at radius 3 is 2.68 bits per heavy atom. The van der Waals surface area contributed by atoms with Gasteiger partial charge in [-0.2, -0.15) is 4.99 Å². The minimum absolute atomic E-state index is 0.0223. The fourth-order valence-corrected chi connectivity index (χ4v) is 3.70. The lowest BCUT2D eigenvalue weighted by Crippen LogP contribution is -2.14. The predicted octanol–water partition coefficient (Wildman–Crippen LogP) is 3.43. The minimum atomic E-state index is -0.431. The molecule has 25 heavy (non-hydrogen) atoms. The molecular formula is C18H17N3O3S. The van der Waals surface area contributed by atoms with Crippen molar-refractivity contribution in [3.8, 4) is 0 Å². The zero-order valence-electron chi connectivity index (χ0n) is 14.1. The summed E-state index contributed by atoms with van der Waals surface area (Å²) in [7, 11) is 1.76. The summed E-state index contributed by atoms with van der Waals surface area (Å²) in [5, 5.41) is 10.9. The van der Waals surface area contributed by atoms with Crippen LogP contribution in [-0.2, 0) is 18.3 Å². The van der Waals surface area contributed by atoms with E-state index in [1.54, 1.807) is 17.7 Å². The highest BCUT2D eigenvalue weighted by Gasteiger charge is 2.11. The molecule has 0 aliphatic rings. The van der Waals surface area contributed by atoms with E-state index >= 15 is 0 Å². The number of nitrogens with zero attached hydrogens (tertiary/aromatic N) is 3. The van der Waals surface area contributed by atoms with Crippen molar-refractivity contribution in [2.45, 2.75) is 20.3 Å². The summed E-state index contributed by atoms with van der Waals surface area (Å²) in [6.07, 6.45) is 0.237. The van der Waals surface area contributed by atoms with Crippen LogP contribution in [-0.4, -0.2) is 15.4 Å². The molecule has 7 heteroatoms. The number of hydrogen-bond donors (Lipinski definition) is 0. The maximum atomic E-state index is 12.3. The number of thiazole rings is 1. The molecular weight excluding hydrogens is 338 g/mol. The molecule has 3 aromatic rings. The van der Waals surface area contributed by atoms with Crippen LogP contribution in [0.15, 0.2) is 41.4 Å². The molecule has 0 unspecified atom stereocenters. The summed E-state index contributed by atoms with van der Waals surface area (Å²) >= 11 is 1.34. The third-order valence-corrected chi connectivity index (χ3v) is 5.18. The van der Waals surface area contributed by atoms with Crippen molar-refractivity contribution in [3.05, 3.63) is 68.0 Å². The molecule has 0 N–H and O–H groups in total. The van der Waals surface area contributed by atoms with E-state index in [2.05, 4.69) is 4.99 Å². The first-order valence-electron chi connectivity index (χ1n) is 7.73. The normalized spacial score (nSPS) is 11.9. The number of aryl methyl sites for hydroxylation is 3. The average Bonchev–Trinajstić information content (AvgIpc) is 2.85. The SMILES string of the molecule is Cc1ccc(CC(=O)N=c2sc3ccc([N+](=O)[O-])cc3n2C)c(C)c1. The number of amides is 1. The number of hydrogen-bond acceptors (Lipinski definition) is 4. The highest BCUT2D eigenvalue weighted by Crippen LogP contribution is 2.22. The topological polar surface area (TPSA) is 77.5 Å². The van der Waals surface area contributed by atoms with Crippen LogP contribution in [0.25, 0.3) is 10.2 Å². The number of carbonyl (C=O) groups excluding carboxylic acids is 1. The van der Waals surface area contributed by atoms with Gasteiger partial charge in [-0.3, -0.25) is 14.9 Å². The molecule has 0 aliphatic carbocycles. The van der Waals surface area contributed by atoms with E-state index in [0.29, 0.717) is 10.3 Å². The lowest BCUT2D eigenvalue weighted by atomic mass is 10.0. The smallest absolute Gasteiger partial charge is 0.271 e. The zero-order valence-corrected chi connectivity index (χ0v) is 15.0. The minimum Gasteiger partial charge on any atom is -0.319 e. The quantitative estimate of drug-likeness (QED) is 0.533. The first-order chi connectivity index (χ1) is 11.8. The number of carbonyl (C=O) groups is 1. The van der Waals surface area contributed by atoms with Crippen molar-refractivity contribution in [2.24, 2.45) is 12.0 Å². The van der Waals surface area contributed by atoms with Crippen LogP contribution in [0.1, 0.15) is 16.7 Å².